The van der Waals surface area contributed by atoms with Crippen LogP contribution in [-0.4, -0.2) is 48.9 Å². The molecule has 0 N–H and O–H groups in total. The molecule has 0 heterocycles. The molecule has 0 aliphatic rings. The van der Waals surface area contributed by atoms with Crippen molar-refractivity contribution in [1.82, 2.24) is 0 Å². The molecule has 5 heavy (non-hydrogen) atoms. The number of hydrogen-bond acceptors (Lipinski definition) is 3. The average molecular weight is 217 g/mol. The van der Waals surface area contributed by atoms with Crippen LogP contribution in [-0.2, 0) is 4.57 Å². The Balaban J connectivity index is 0. The van der Waals surface area contributed by atoms with Gasteiger partial charge in [-0.3, -0.25) is 0 Å². The van der Waals surface area contributed by atoms with Crippen LogP contribution in [0.3, 0.4) is 0 Å². The van der Waals surface area contributed by atoms with Gasteiger partial charge in [0.05, 0.1) is 0 Å². The van der Waals surface area contributed by atoms with Crippen molar-refractivity contribution in [3.05, 3.63) is 0 Å². The van der Waals surface area contributed by atoms with E-state index in [1.807, 2.05) is 0 Å². The molecule has 0 aliphatic heterocycles. The normalized spacial score (nSPS) is 7.00. The third kappa shape index (κ3) is 26.7. The molecule has 0 unspecified atom stereocenters. The summed E-state index contributed by atoms with van der Waals surface area (Å²) in [5.74, 6) is 0. The Labute approximate surface area is 70.4 Å². The molecular weight excluding hydrogens is 216 g/mol. The summed E-state index contributed by atoms with van der Waals surface area (Å²) in [5, 5.41) is 0. The molecule has 0 aliphatic carbocycles. The first kappa shape index (κ1) is 9.87. The molecule has 0 radical (unpaired) electrons. The second kappa shape index (κ2) is 5.72. The average Bonchev–Trinajstić information content (AvgIpc) is 0.811. The van der Waals surface area contributed by atoms with E-state index in [1.165, 1.54) is 0 Å². The Morgan fingerprint density at radius 3 is 1.40 bits per heavy atom. The molecule has 0 atom stereocenters. The molecular formula is HBaO3P. The number of hydrogen-bond donors (Lipinski definition) is 0. The van der Waals surface area contributed by atoms with Gasteiger partial charge in [-0.2, -0.15) is 0 Å². The van der Waals surface area contributed by atoms with Crippen LogP contribution >= 0.6 is 8.25 Å². The molecule has 0 aromatic rings. The van der Waals surface area contributed by atoms with Gasteiger partial charge in [-0.1, -0.05) is 8.25 Å². The SMILES string of the molecule is O=[PH]([O-])[O-].[Ba+2]. The van der Waals surface area contributed by atoms with E-state index in [1.54, 1.807) is 0 Å². The molecule has 0 aromatic heterocycles. The van der Waals surface area contributed by atoms with E-state index >= 15 is 0 Å². The van der Waals surface area contributed by atoms with Gasteiger partial charge in [-0.05, 0) is 0 Å². The summed E-state index contributed by atoms with van der Waals surface area (Å²) in [6.07, 6.45) is 0. The van der Waals surface area contributed by atoms with Crippen LogP contribution in [0.4, 0.5) is 0 Å². The fraction of sp³-hybridized carbons (Fsp3) is 0. The Morgan fingerprint density at radius 2 is 1.40 bits per heavy atom. The van der Waals surface area contributed by atoms with Crippen molar-refractivity contribution in [1.29, 1.82) is 0 Å². The van der Waals surface area contributed by atoms with Gasteiger partial charge in [0, 0.05) is 0 Å². The van der Waals surface area contributed by atoms with E-state index in [9.17, 15) is 0 Å². The summed E-state index contributed by atoms with van der Waals surface area (Å²) in [6.45, 7) is 0. The van der Waals surface area contributed by atoms with Gasteiger partial charge in [0.25, 0.3) is 0 Å². The molecule has 0 saturated carbocycles. The zero-order valence-corrected chi connectivity index (χ0v) is 7.87. The summed E-state index contributed by atoms with van der Waals surface area (Å²) in [4.78, 5) is 17.0. The molecule has 26 valence electrons. The van der Waals surface area contributed by atoms with Gasteiger partial charge in [0.1, 0.15) is 0 Å². The van der Waals surface area contributed by atoms with Crippen LogP contribution < -0.4 is 9.79 Å². The first-order valence-electron chi connectivity index (χ1n) is 0.612. The van der Waals surface area contributed by atoms with Crippen LogP contribution in [0, 0.1) is 0 Å². The minimum absolute atomic E-state index is 0. The molecule has 0 bridgehead atoms. The van der Waals surface area contributed by atoms with Crippen LogP contribution in [0.2, 0.25) is 0 Å². The van der Waals surface area contributed by atoms with Crippen LogP contribution in [0.1, 0.15) is 0 Å². The van der Waals surface area contributed by atoms with Gasteiger partial charge in [-0.25, -0.2) is 0 Å². The molecule has 0 amide bonds. The third-order valence-corrected chi connectivity index (χ3v) is 0. The van der Waals surface area contributed by atoms with Gasteiger partial charge >= 0.3 is 48.9 Å². The van der Waals surface area contributed by atoms with Crippen molar-refractivity contribution in [3.8, 4) is 0 Å². The molecule has 0 fully saturated rings. The summed E-state index contributed by atoms with van der Waals surface area (Å²) < 4.78 is 8.52. The Kier molecular flexibility index (Phi) is 11.3. The van der Waals surface area contributed by atoms with Crippen molar-refractivity contribution < 1.29 is 14.4 Å². The quantitative estimate of drug-likeness (QED) is 0.339. The van der Waals surface area contributed by atoms with Gasteiger partial charge < -0.3 is 14.4 Å². The zero-order valence-electron chi connectivity index (χ0n) is 2.43. The van der Waals surface area contributed by atoms with Crippen LogP contribution in [0.15, 0.2) is 0 Å². The Hall–Kier alpha value is 1.72. The molecule has 0 rings (SSSR count). The summed E-state index contributed by atoms with van der Waals surface area (Å²) >= 11 is 0. The van der Waals surface area contributed by atoms with E-state index in [0.29, 0.717) is 0 Å². The fourth-order valence-electron chi connectivity index (χ4n) is 0. The fourth-order valence-corrected chi connectivity index (χ4v) is 0. The third-order valence-electron chi connectivity index (χ3n) is 0. The van der Waals surface area contributed by atoms with Crippen molar-refractivity contribution in [3.63, 3.8) is 0 Å². The molecule has 3 nitrogen and oxygen atoms in total. The minimum Gasteiger partial charge on any atom is -0.813 e. The molecule has 5 heteroatoms. The molecule has 0 saturated heterocycles. The maximum atomic E-state index is 8.52. The molecule has 0 aromatic carbocycles. The standard InChI is InChI=1S/Ba.H3O3P/c;1-4(2)3/h;4H,(H2,1,2,3)/q+2;/p-2. The number of rotatable bonds is 0. The smallest absolute Gasteiger partial charge is 0.813 e. The predicted octanol–water partition coefficient (Wildman–Crippen LogP) is -2.28. The monoisotopic (exact) mass is 218 g/mol. The summed E-state index contributed by atoms with van der Waals surface area (Å²) in [6, 6.07) is 0. The molecule has 0 spiro atoms. The minimum atomic E-state index is -3.63. The van der Waals surface area contributed by atoms with E-state index in [-0.39, 0.29) is 48.9 Å². The summed E-state index contributed by atoms with van der Waals surface area (Å²) in [5.41, 5.74) is 0. The van der Waals surface area contributed by atoms with Crippen LogP contribution in [0.25, 0.3) is 0 Å². The summed E-state index contributed by atoms with van der Waals surface area (Å²) in [7, 11) is -3.63. The van der Waals surface area contributed by atoms with Gasteiger partial charge in [0.2, 0.25) is 0 Å². The van der Waals surface area contributed by atoms with E-state index in [4.69, 9.17) is 14.4 Å². The van der Waals surface area contributed by atoms with E-state index in [0.717, 1.165) is 0 Å². The van der Waals surface area contributed by atoms with E-state index < -0.39 is 8.25 Å². The Bertz CT molecular complexity index is 29.9. The van der Waals surface area contributed by atoms with Crippen molar-refractivity contribution in [2.45, 2.75) is 0 Å². The largest absolute Gasteiger partial charge is 2.00 e. The second-order valence-corrected chi connectivity index (χ2v) is 0.750. The predicted molar refractivity (Wildman–Crippen MR) is 14.8 cm³/mol. The first-order valence-corrected chi connectivity index (χ1v) is 1.84. The van der Waals surface area contributed by atoms with Gasteiger partial charge in [0.15, 0.2) is 0 Å². The van der Waals surface area contributed by atoms with Crippen molar-refractivity contribution >= 4 is 57.1 Å². The van der Waals surface area contributed by atoms with Crippen molar-refractivity contribution in [2.24, 2.45) is 0 Å². The van der Waals surface area contributed by atoms with Crippen LogP contribution in [0.5, 0.6) is 0 Å². The van der Waals surface area contributed by atoms with Gasteiger partial charge in [-0.15, -0.1) is 0 Å². The van der Waals surface area contributed by atoms with E-state index in [2.05, 4.69) is 0 Å². The topological polar surface area (TPSA) is 63.2 Å². The maximum Gasteiger partial charge on any atom is 2.00 e. The Morgan fingerprint density at radius 1 is 1.40 bits per heavy atom. The maximum absolute atomic E-state index is 8.52. The first-order chi connectivity index (χ1) is 1.73. The zero-order chi connectivity index (χ0) is 3.58. The second-order valence-electron chi connectivity index (χ2n) is 0.250. The van der Waals surface area contributed by atoms with Crippen molar-refractivity contribution in [2.75, 3.05) is 0 Å².